The van der Waals surface area contributed by atoms with Gasteiger partial charge in [-0.2, -0.15) is 13.2 Å². The van der Waals surface area contributed by atoms with Crippen LogP contribution in [0, 0.1) is 0 Å². The molecule has 1 saturated carbocycles. The molecule has 1 atom stereocenters. The van der Waals surface area contributed by atoms with Crippen LogP contribution < -0.4 is 5.73 Å². The van der Waals surface area contributed by atoms with Crippen LogP contribution >= 0.6 is 15.9 Å². The van der Waals surface area contributed by atoms with Gasteiger partial charge in [0.15, 0.2) is 0 Å². The Labute approximate surface area is 106 Å². The Hall–Kier alpha value is -0.550. The summed E-state index contributed by atoms with van der Waals surface area (Å²) in [5.41, 5.74) is 5.10. The highest BCUT2D eigenvalue weighted by Gasteiger charge is 2.52. The molecule has 17 heavy (non-hydrogen) atoms. The third-order valence-corrected chi connectivity index (χ3v) is 4.14. The summed E-state index contributed by atoms with van der Waals surface area (Å²) in [7, 11) is 0. The molecule has 1 fully saturated rings. The second-order valence-electron chi connectivity index (χ2n) is 4.60. The minimum absolute atomic E-state index is 0.276. The normalized spacial score (nSPS) is 20.1. The molecule has 1 aliphatic carbocycles. The van der Waals surface area contributed by atoms with Crippen LogP contribution in [0.4, 0.5) is 13.2 Å². The lowest BCUT2D eigenvalue weighted by Crippen LogP contribution is -2.33. The van der Waals surface area contributed by atoms with E-state index < -0.39 is 17.2 Å². The number of rotatable bonds is 2. The minimum atomic E-state index is -4.33. The molecular formula is C12H13BrF3N. The third kappa shape index (κ3) is 2.10. The molecule has 0 saturated heterocycles. The van der Waals surface area contributed by atoms with Gasteiger partial charge in [0.05, 0.1) is 5.56 Å². The largest absolute Gasteiger partial charge is 0.416 e. The summed E-state index contributed by atoms with van der Waals surface area (Å²) in [6.45, 7) is 1.77. The molecule has 1 aromatic rings. The number of halogens is 4. The van der Waals surface area contributed by atoms with Crippen molar-refractivity contribution in [3.63, 3.8) is 0 Å². The van der Waals surface area contributed by atoms with Gasteiger partial charge in [-0.15, -0.1) is 0 Å². The summed E-state index contributed by atoms with van der Waals surface area (Å²) in [5, 5.41) is 0. The minimum Gasteiger partial charge on any atom is -0.327 e. The van der Waals surface area contributed by atoms with Crippen molar-refractivity contribution < 1.29 is 13.2 Å². The second kappa shape index (κ2) is 3.99. The molecule has 0 aliphatic heterocycles. The first-order valence-electron chi connectivity index (χ1n) is 5.41. The summed E-state index contributed by atoms with van der Waals surface area (Å²) in [6.07, 6.45) is -2.89. The van der Waals surface area contributed by atoms with Crippen LogP contribution in [-0.4, -0.2) is 6.04 Å². The lowest BCUT2D eigenvalue weighted by Gasteiger charge is -2.25. The zero-order valence-corrected chi connectivity index (χ0v) is 10.9. The highest BCUT2D eigenvalue weighted by Crippen LogP contribution is 2.55. The molecule has 0 heterocycles. The Bertz CT molecular complexity index is 436. The van der Waals surface area contributed by atoms with Crippen LogP contribution in [0.25, 0.3) is 0 Å². The van der Waals surface area contributed by atoms with Crippen molar-refractivity contribution in [2.75, 3.05) is 0 Å². The maximum absolute atomic E-state index is 13.0. The SMILES string of the molecule is CC(N)C1(c2c(Br)cccc2C(F)(F)F)CC1. The van der Waals surface area contributed by atoms with Crippen LogP contribution in [0.3, 0.4) is 0 Å². The van der Waals surface area contributed by atoms with Crippen LogP contribution in [0.15, 0.2) is 22.7 Å². The number of hydrogen-bond donors (Lipinski definition) is 1. The Kier molecular flexibility index (Phi) is 3.02. The van der Waals surface area contributed by atoms with Crippen molar-refractivity contribution >= 4 is 15.9 Å². The Balaban J connectivity index is 2.61. The van der Waals surface area contributed by atoms with E-state index in [2.05, 4.69) is 15.9 Å². The predicted molar refractivity (Wildman–Crippen MR) is 63.7 cm³/mol. The van der Waals surface area contributed by atoms with Crippen LogP contribution in [-0.2, 0) is 11.6 Å². The highest BCUT2D eigenvalue weighted by atomic mass is 79.9. The second-order valence-corrected chi connectivity index (χ2v) is 5.46. The van der Waals surface area contributed by atoms with E-state index in [-0.39, 0.29) is 6.04 Å². The summed E-state index contributed by atoms with van der Waals surface area (Å²) in [4.78, 5) is 0. The molecule has 1 aliphatic rings. The van der Waals surface area contributed by atoms with Gasteiger partial charge in [0, 0.05) is 15.9 Å². The molecule has 0 radical (unpaired) electrons. The van der Waals surface area contributed by atoms with Gasteiger partial charge in [-0.3, -0.25) is 0 Å². The molecule has 2 rings (SSSR count). The maximum atomic E-state index is 13.0. The first-order valence-corrected chi connectivity index (χ1v) is 6.20. The lowest BCUT2D eigenvalue weighted by atomic mass is 9.86. The summed E-state index contributed by atoms with van der Waals surface area (Å²) >= 11 is 3.23. The Morgan fingerprint density at radius 2 is 1.94 bits per heavy atom. The van der Waals surface area contributed by atoms with Crippen LogP contribution in [0.5, 0.6) is 0 Å². The monoisotopic (exact) mass is 307 g/mol. The number of benzene rings is 1. The van der Waals surface area contributed by atoms with Gasteiger partial charge in [0.25, 0.3) is 0 Å². The molecule has 2 N–H and O–H groups in total. The van der Waals surface area contributed by atoms with Gasteiger partial charge in [0.2, 0.25) is 0 Å². The summed E-state index contributed by atoms with van der Waals surface area (Å²) in [5.74, 6) is 0. The van der Waals surface area contributed by atoms with Crippen LogP contribution in [0.1, 0.15) is 30.9 Å². The molecule has 1 nitrogen and oxygen atoms in total. The van der Waals surface area contributed by atoms with Crippen molar-refractivity contribution in [2.45, 2.75) is 37.4 Å². The van der Waals surface area contributed by atoms with Crippen molar-refractivity contribution in [3.05, 3.63) is 33.8 Å². The smallest absolute Gasteiger partial charge is 0.327 e. The Morgan fingerprint density at radius 1 is 1.35 bits per heavy atom. The fraction of sp³-hybridized carbons (Fsp3) is 0.500. The maximum Gasteiger partial charge on any atom is 0.416 e. The Morgan fingerprint density at radius 3 is 2.35 bits per heavy atom. The first kappa shape index (κ1) is 12.9. The quantitative estimate of drug-likeness (QED) is 0.882. The van der Waals surface area contributed by atoms with E-state index in [9.17, 15) is 13.2 Å². The van der Waals surface area contributed by atoms with E-state index in [0.717, 1.165) is 18.9 Å². The van der Waals surface area contributed by atoms with E-state index in [1.54, 1.807) is 13.0 Å². The highest BCUT2D eigenvalue weighted by molar-refractivity contribution is 9.10. The third-order valence-electron chi connectivity index (χ3n) is 3.48. The molecule has 1 aromatic carbocycles. The molecule has 94 valence electrons. The fourth-order valence-corrected chi connectivity index (χ4v) is 3.10. The van der Waals surface area contributed by atoms with Gasteiger partial charge >= 0.3 is 6.18 Å². The predicted octanol–water partition coefficient (Wildman–Crippen LogP) is 3.85. The van der Waals surface area contributed by atoms with E-state index in [1.807, 2.05) is 0 Å². The van der Waals surface area contributed by atoms with Gasteiger partial charge in [-0.1, -0.05) is 22.0 Å². The topological polar surface area (TPSA) is 26.0 Å². The van der Waals surface area contributed by atoms with Gasteiger partial charge in [-0.05, 0) is 37.5 Å². The average Bonchev–Trinajstić information content (AvgIpc) is 2.96. The van der Waals surface area contributed by atoms with Crippen molar-refractivity contribution in [2.24, 2.45) is 5.73 Å². The molecule has 5 heteroatoms. The fourth-order valence-electron chi connectivity index (χ4n) is 2.33. The number of nitrogens with two attached hydrogens (primary N) is 1. The van der Waals surface area contributed by atoms with Crippen LogP contribution in [0.2, 0.25) is 0 Å². The van der Waals surface area contributed by atoms with E-state index in [0.29, 0.717) is 10.0 Å². The summed E-state index contributed by atoms with van der Waals surface area (Å²) < 4.78 is 39.5. The van der Waals surface area contributed by atoms with E-state index >= 15 is 0 Å². The zero-order valence-electron chi connectivity index (χ0n) is 9.31. The van der Waals surface area contributed by atoms with Gasteiger partial charge < -0.3 is 5.73 Å². The molecule has 0 spiro atoms. The zero-order chi connectivity index (χ0) is 12.8. The first-order chi connectivity index (χ1) is 7.79. The van der Waals surface area contributed by atoms with Crippen molar-refractivity contribution in [1.82, 2.24) is 0 Å². The number of alkyl halides is 3. The van der Waals surface area contributed by atoms with E-state index in [4.69, 9.17) is 5.73 Å². The summed E-state index contributed by atoms with van der Waals surface area (Å²) in [6, 6.07) is 3.91. The molecule has 0 aromatic heterocycles. The molecule has 1 unspecified atom stereocenters. The average molecular weight is 308 g/mol. The molecule has 0 amide bonds. The van der Waals surface area contributed by atoms with Crippen molar-refractivity contribution in [3.8, 4) is 0 Å². The van der Waals surface area contributed by atoms with Gasteiger partial charge in [-0.25, -0.2) is 0 Å². The number of hydrogen-bond acceptors (Lipinski definition) is 1. The standard InChI is InChI=1S/C12H13BrF3N/c1-7(17)11(5-6-11)10-8(12(14,15)16)3-2-4-9(10)13/h2-4,7H,5-6,17H2,1H3. The van der Waals surface area contributed by atoms with Crippen molar-refractivity contribution in [1.29, 1.82) is 0 Å². The van der Waals surface area contributed by atoms with E-state index in [1.165, 1.54) is 6.07 Å². The van der Waals surface area contributed by atoms with Gasteiger partial charge in [0.1, 0.15) is 0 Å². The molecule has 0 bridgehead atoms. The molecular weight excluding hydrogens is 295 g/mol. The lowest BCUT2D eigenvalue weighted by molar-refractivity contribution is -0.138.